The molecule has 2 aromatic rings. The normalized spacial score (nSPS) is 10.6. The van der Waals surface area contributed by atoms with Gasteiger partial charge in [-0.2, -0.15) is 0 Å². The van der Waals surface area contributed by atoms with Crippen LogP contribution in [-0.4, -0.2) is 9.97 Å². The highest BCUT2D eigenvalue weighted by atomic mass is 35.5. The van der Waals surface area contributed by atoms with Crippen molar-refractivity contribution in [2.75, 3.05) is 0 Å². The van der Waals surface area contributed by atoms with Crippen molar-refractivity contribution in [3.8, 4) is 0 Å². The van der Waals surface area contributed by atoms with Crippen molar-refractivity contribution in [3.63, 3.8) is 0 Å². The smallest absolute Gasteiger partial charge is 0.251 e. The van der Waals surface area contributed by atoms with Crippen LogP contribution in [0.5, 0.6) is 0 Å². The van der Waals surface area contributed by atoms with Crippen LogP contribution in [0, 0.1) is 6.92 Å². The minimum Gasteiger partial charge on any atom is -0.326 e. The SMILES string of the molecule is Cc1cc(=O)[nH]c(Sc2ccc(Cl)cc2CN)n1. The molecule has 3 N–H and O–H groups in total. The van der Waals surface area contributed by atoms with Crippen molar-refractivity contribution in [2.45, 2.75) is 23.5 Å². The highest BCUT2D eigenvalue weighted by Crippen LogP contribution is 2.29. The van der Waals surface area contributed by atoms with Gasteiger partial charge in [0.05, 0.1) is 0 Å². The second-order valence-corrected chi connectivity index (χ2v) is 5.22. The third-order valence-electron chi connectivity index (χ3n) is 2.30. The summed E-state index contributed by atoms with van der Waals surface area (Å²) in [5, 5.41) is 1.20. The van der Waals surface area contributed by atoms with Crippen LogP contribution in [-0.2, 0) is 6.54 Å². The van der Waals surface area contributed by atoms with E-state index in [1.54, 1.807) is 13.0 Å². The Labute approximate surface area is 114 Å². The van der Waals surface area contributed by atoms with E-state index >= 15 is 0 Å². The van der Waals surface area contributed by atoms with E-state index in [2.05, 4.69) is 9.97 Å². The topological polar surface area (TPSA) is 71.8 Å². The molecule has 1 aromatic heterocycles. The molecule has 4 nitrogen and oxygen atoms in total. The molecule has 0 radical (unpaired) electrons. The predicted octanol–water partition coefficient (Wildman–Crippen LogP) is 2.34. The number of nitrogens with one attached hydrogen (secondary N) is 1. The fraction of sp³-hybridized carbons (Fsp3) is 0.167. The van der Waals surface area contributed by atoms with Gasteiger partial charge in [0.15, 0.2) is 5.16 Å². The van der Waals surface area contributed by atoms with E-state index in [4.69, 9.17) is 17.3 Å². The average Bonchev–Trinajstić information content (AvgIpc) is 2.30. The van der Waals surface area contributed by atoms with Crippen LogP contribution in [0.15, 0.2) is 39.1 Å². The maximum absolute atomic E-state index is 11.4. The molecular weight excluding hydrogens is 270 g/mol. The zero-order valence-electron chi connectivity index (χ0n) is 9.74. The summed E-state index contributed by atoms with van der Waals surface area (Å²) < 4.78 is 0. The molecule has 1 aromatic carbocycles. The number of halogens is 1. The number of hydrogen-bond acceptors (Lipinski definition) is 4. The fourth-order valence-electron chi connectivity index (χ4n) is 1.51. The Morgan fingerprint density at radius 2 is 2.22 bits per heavy atom. The molecule has 0 aliphatic rings. The molecule has 94 valence electrons. The number of aromatic nitrogens is 2. The van der Waals surface area contributed by atoms with Gasteiger partial charge in [-0.15, -0.1) is 0 Å². The Morgan fingerprint density at radius 1 is 1.44 bits per heavy atom. The van der Waals surface area contributed by atoms with E-state index in [0.29, 0.717) is 22.4 Å². The maximum Gasteiger partial charge on any atom is 0.251 e. The lowest BCUT2D eigenvalue weighted by molar-refractivity contribution is 0.903. The fourth-order valence-corrected chi connectivity index (χ4v) is 2.66. The van der Waals surface area contributed by atoms with E-state index < -0.39 is 0 Å². The number of rotatable bonds is 3. The first-order valence-corrected chi connectivity index (χ1v) is 6.52. The van der Waals surface area contributed by atoms with Crippen molar-refractivity contribution in [3.05, 3.63) is 50.9 Å². The molecule has 0 spiro atoms. The molecule has 0 fully saturated rings. The second-order valence-electron chi connectivity index (χ2n) is 3.75. The van der Waals surface area contributed by atoms with E-state index in [0.717, 1.165) is 10.5 Å². The molecule has 0 atom stereocenters. The van der Waals surface area contributed by atoms with E-state index in [9.17, 15) is 4.79 Å². The molecule has 0 aliphatic carbocycles. The van der Waals surface area contributed by atoms with Crippen molar-refractivity contribution < 1.29 is 0 Å². The number of nitrogens with two attached hydrogens (primary N) is 1. The molecule has 0 bridgehead atoms. The van der Waals surface area contributed by atoms with Crippen LogP contribution in [0.25, 0.3) is 0 Å². The van der Waals surface area contributed by atoms with Crippen molar-refractivity contribution >= 4 is 23.4 Å². The first-order valence-electron chi connectivity index (χ1n) is 5.33. The van der Waals surface area contributed by atoms with Gasteiger partial charge in [-0.3, -0.25) is 4.79 Å². The van der Waals surface area contributed by atoms with Gasteiger partial charge in [-0.25, -0.2) is 4.98 Å². The van der Waals surface area contributed by atoms with Gasteiger partial charge in [0.25, 0.3) is 5.56 Å². The Morgan fingerprint density at radius 3 is 2.89 bits per heavy atom. The summed E-state index contributed by atoms with van der Waals surface area (Å²) in [7, 11) is 0. The molecule has 0 amide bonds. The van der Waals surface area contributed by atoms with Crippen LogP contribution in [0.2, 0.25) is 5.02 Å². The number of benzene rings is 1. The molecule has 0 unspecified atom stereocenters. The molecular formula is C12H12ClN3OS. The third-order valence-corrected chi connectivity index (χ3v) is 3.54. The number of aromatic amines is 1. The van der Waals surface area contributed by atoms with E-state index in [-0.39, 0.29) is 5.56 Å². The first kappa shape index (κ1) is 13.1. The molecule has 18 heavy (non-hydrogen) atoms. The molecule has 1 heterocycles. The van der Waals surface area contributed by atoms with Gasteiger partial charge in [0, 0.05) is 28.2 Å². The monoisotopic (exact) mass is 281 g/mol. The van der Waals surface area contributed by atoms with Gasteiger partial charge in [0.2, 0.25) is 0 Å². The Kier molecular flexibility index (Phi) is 4.06. The van der Waals surface area contributed by atoms with Crippen molar-refractivity contribution in [1.29, 1.82) is 0 Å². The summed E-state index contributed by atoms with van der Waals surface area (Å²) in [6, 6.07) is 6.93. The standard InChI is InChI=1S/C12H12ClN3OS/c1-7-4-11(17)16-12(15-7)18-10-3-2-9(13)5-8(10)6-14/h2-5H,6,14H2,1H3,(H,15,16,17). The summed E-state index contributed by atoms with van der Waals surface area (Å²) >= 11 is 7.28. The Balaban J connectivity index is 2.36. The number of nitrogens with zero attached hydrogens (tertiary/aromatic N) is 1. The highest BCUT2D eigenvalue weighted by molar-refractivity contribution is 7.99. The predicted molar refractivity (Wildman–Crippen MR) is 73.1 cm³/mol. The Bertz CT molecular complexity index is 627. The number of aryl methyl sites for hydroxylation is 1. The minimum absolute atomic E-state index is 0.159. The first-order chi connectivity index (χ1) is 8.58. The van der Waals surface area contributed by atoms with Crippen LogP contribution < -0.4 is 11.3 Å². The number of H-pyrrole nitrogens is 1. The van der Waals surface area contributed by atoms with Crippen molar-refractivity contribution in [2.24, 2.45) is 5.73 Å². The average molecular weight is 282 g/mol. The van der Waals surface area contributed by atoms with Gasteiger partial charge in [-0.1, -0.05) is 23.4 Å². The van der Waals surface area contributed by atoms with Gasteiger partial charge in [-0.05, 0) is 30.7 Å². The van der Waals surface area contributed by atoms with Crippen LogP contribution >= 0.6 is 23.4 Å². The second kappa shape index (κ2) is 5.56. The van der Waals surface area contributed by atoms with Crippen LogP contribution in [0.4, 0.5) is 0 Å². The molecule has 0 aliphatic heterocycles. The third kappa shape index (κ3) is 3.13. The summed E-state index contributed by atoms with van der Waals surface area (Å²) in [5.41, 5.74) is 7.12. The van der Waals surface area contributed by atoms with E-state index in [1.807, 2.05) is 12.1 Å². The lowest BCUT2D eigenvalue weighted by Gasteiger charge is -2.07. The summed E-state index contributed by atoms with van der Waals surface area (Å²) in [6.07, 6.45) is 0. The lowest BCUT2D eigenvalue weighted by atomic mass is 10.2. The van der Waals surface area contributed by atoms with Crippen LogP contribution in [0.3, 0.4) is 0 Å². The lowest BCUT2D eigenvalue weighted by Crippen LogP contribution is -2.08. The zero-order chi connectivity index (χ0) is 13.1. The molecule has 6 heteroatoms. The summed E-state index contributed by atoms with van der Waals surface area (Å²) in [5.74, 6) is 0. The zero-order valence-corrected chi connectivity index (χ0v) is 11.3. The van der Waals surface area contributed by atoms with Crippen LogP contribution in [0.1, 0.15) is 11.3 Å². The highest BCUT2D eigenvalue weighted by Gasteiger charge is 2.06. The molecule has 2 rings (SSSR count). The van der Waals surface area contributed by atoms with Gasteiger partial charge in [0.1, 0.15) is 0 Å². The van der Waals surface area contributed by atoms with Gasteiger partial charge >= 0.3 is 0 Å². The minimum atomic E-state index is -0.159. The summed E-state index contributed by atoms with van der Waals surface area (Å²) in [4.78, 5) is 19.2. The largest absolute Gasteiger partial charge is 0.326 e. The Hall–Kier alpha value is -1.30. The quantitative estimate of drug-likeness (QED) is 0.847. The molecule has 0 saturated heterocycles. The van der Waals surface area contributed by atoms with Gasteiger partial charge < -0.3 is 10.7 Å². The maximum atomic E-state index is 11.4. The molecule has 0 saturated carbocycles. The number of hydrogen-bond donors (Lipinski definition) is 2. The summed E-state index contributed by atoms with van der Waals surface area (Å²) in [6.45, 7) is 2.17. The van der Waals surface area contributed by atoms with E-state index in [1.165, 1.54) is 17.8 Å². The van der Waals surface area contributed by atoms with Crippen molar-refractivity contribution in [1.82, 2.24) is 9.97 Å².